The van der Waals surface area contributed by atoms with Crippen molar-refractivity contribution >= 4 is 11.8 Å². The maximum Gasteiger partial charge on any atom is 0.307 e. The predicted molar refractivity (Wildman–Crippen MR) is 135 cm³/mol. The number of carbonyl (C=O) groups is 2. The van der Waals surface area contributed by atoms with E-state index in [4.69, 9.17) is 19.3 Å². The molecule has 0 amide bonds. The molecule has 184 valence electrons. The number of carbonyl (C=O) groups excluding carboxylic acids is 1. The number of benzene rings is 3. The number of aryl methyl sites for hydroxylation is 1. The van der Waals surface area contributed by atoms with Crippen LogP contribution in [0, 0.1) is 5.92 Å². The van der Waals surface area contributed by atoms with E-state index in [9.17, 15) is 9.59 Å². The van der Waals surface area contributed by atoms with Gasteiger partial charge in [-0.15, -0.1) is 0 Å². The third-order valence-corrected chi connectivity index (χ3v) is 6.04. The van der Waals surface area contributed by atoms with Gasteiger partial charge in [0.25, 0.3) is 0 Å². The first kappa shape index (κ1) is 25.8. The fourth-order valence-corrected chi connectivity index (χ4v) is 4.23. The molecular formula is C29H32O6. The monoisotopic (exact) mass is 476 g/mol. The number of carboxylic acids is 1. The van der Waals surface area contributed by atoms with Gasteiger partial charge in [0, 0.05) is 11.5 Å². The van der Waals surface area contributed by atoms with Crippen LogP contribution in [0.3, 0.4) is 0 Å². The van der Waals surface area contributed by atoms with Crippen LogP contribution in [-0.4, -0.2) is 38.2 Å². The molecule has 3 aromatic carbocycles. The van der Waals surface area contributed by atoms with Gasteiger partial charge in [-0.1, -0.05) is 54.6 Å². The molecule has 6 heteroatoms. The second-order valence-corrected chi connectivity index (χ2v) is 8.44. The summed E-state index contributed by atoms with van der Waals surface area (Å²) in [7, 11) is 4.59. The van der Waals surface area contributed by atoms with Gasteiger partial charge in [0.15, 0.2) is 17.3 Å². The van der Waals surface area contributed by atoms with Gasteiger partial charge in [-0.05, 0) is 54.5 Å². The topological polar surface area (TPSA) is 82.1 Å². The molecule has 3 aromatic rings. The molecule has 0 saturated carbocycles. The van der Waals surface area contributed by atoms with Crippen LogP contribution in [0.2, 0.25) is 0 Å². The molecule has 3 rings (SSSR count). The summed E-state index contributed by atoms with van der Waals surface area (Å²) >= 11 is 0. The molecule has 6 nitrogen and oxygen atoms in total. The van der Waals surface area contributed by atoms with E-state index in [2.05, 4.69) is 12.1 Å². The number of ketones is 1. The molecule has 1 unspecified atom stereocenters. The van der Waals surface area contributed by atoms with E-state index in [1.165, 1.54) is 26.9 Å². The van der Waals surface area contributed by atoms with Crippen molar-refractivity contribution in [2.75, 3.05) is 21.3 Å². The van der Waals surface area contributed by atoms with Crippen molar-refractivity contribution in [3.05, 3.63) is 89.0 Å². The van der Waals surface area contributed by atoms with E-state index < -0.39 is 5.97 Å². The summed E-state index contributed by atoms with van der Waals surface area (Å²) in [4.78, 5) is 24.7. The van der Waals surface area contributed by atoms with Crippen LogP contribution in [-0.2, 0) is 24.1 Å². The van der Waals surface area contributed by atoms with Gasteiger partial charge >= 0.3 is 5.97 Å². The van der Waals surface area contributed by atoms with Crippen molar-refractivity contribution in [1.82, 2.24) is 0 Å². The molecule has 0 aliphatic rings. The summed E-state index contributed by atoms with van der Waals surface area (Å²) in [6.45, 7) is 0. The standard InChI is InChI=1S/C29H32O6/c1-33-25-18-24(19-26(34-2)29(25)35-3)28(32)23(11-7-10-20-8-5-4-6-9-20)16-21-12-14-22(15-13-21)17-27(30)31/h4-6,8-9,12-15,18-19,23H,7,10-11,16-17H2,1-3H3,(H,30,31). The van der Waals surface area contributed by atoms with E-state index in [0.29, 0.717) is 35.7 Å². The van der Waals surface area contributed by atoms with Crippen molar-refractivity contribution in [1.29, 1.82) is 0 Å². The zero-order valence-corrected chi connectivity index (χ0v) is 20.5. The van der Waals surface area contributed by atoms with Gasteiger partial charge in [-0.2, -0.15) is 0 Å². The maximum atomic E-state index is 13.7. The SMILES string of the molecule is COc1cc(C(=O)C(CCCc2ccccc2)Cc2ccc(CC(=O)O)cc2)cc(OC)c1OC. The summed E-state index contributed by atoms with van der Waals surface area (Å²) in [5, 5.41) is 9.02. The number of rotatable bonds is 13. The van der Waals surface area contributed by atoms with Crippen LogP contribution in [0.1, 0.15) is 39.9 Å². The summed E-state index contributed by atoms with van der Waals surface area (Å²) in [6, 6.07) is 21.1. The number of ether oxygens (including phenoxy) is 3. The second kappa shape index (κ2) is 12.6. The van der Waals surface area contributed by atoms with Crippen LogP contribution in [0.15, 0.2) is 66.7 Å². The molecule has 35 heavy (non-hydrogen) atoms. The van der Waals surface area contributed by atoms with Crippen molar-refractivity contribution in [3.63, 3.8) is 0 Å². The fourth-order valence-electron chi connectivity index (χ4n) is 4.23. The Labute approximate surface area is 206 Å². The van der Waals surface area contributed by atoms with Gasteiger partial charge in [0.2, 0.25) is 5.75 Å². The number of carboxylic acid groups (broad SMARTS) is 1. The highest BCUT2D eigenvalue weighted by molar-refractivity contribution is 5.99. The van der Waals surface area contributed by atoms with Gasteiger partial charge in [0.05, 0.1) is 27.8 Å². The molecule has 0 aromatic heterocycles. The third-order valence-electron chi connectivity index (χ3n) is 6.04. The summed E-state index contributed by atoms with van der Waals surface area (Å²) in [6.07, 6.45) is 2.99. The lowest BCUT2D eigenvalue weighted by molar-refractivity contribution is -0.136. The molecule has 0 bridgehead atoms. The lowest BCUT2D eigenvalue weighted by Gasteiger charge is -2.19. The van der Waals surface area contributed by atoms with Gasteiger partial charge in [-0.25, -0.2) is 0 Å². The average molecular weight is 477 g/mol. The highest BCUT2D eigenvalue weighted by atomic mass is 16.5. The Hall–Kier alpha value is -3.80. The Bertz CT molecular complexity index is 1100. The largest absolute Gasteiger partial charge is 0.493 e. The number of hydrogen-bond acceptors (Lipinski definition) is 5. The average Bonchev–Trinajstić information content (AvgIpc) is 2.88. The predicted octanol–water partition coefficient (Wildman–Crippen LogP) is 5.40. The zero-order chi connectivity index (χ0) is 25.2. The highest BCUT2D eigenvalue weighted by Crippen LogP contribution is 2.39. The van der Waals surface area contributed by atoms with Crippen molar-refractivity contribution in [2.24, 2.45) is 5.92 Å². The Morgan fingerprint density at radius 3 is 1.94 bits per heavy atom. The normalized spacial score (nSPS) is 11.5. The molecular weight excluding hydrogens is 444 g/mol. The number of aliphatic carboxylic acids is 1. The molecule has 0 aliphatic carbocycles. The number of hydrogen-bond donors (Lipinski definition) is 1. The lowest BCUT2D eigenvalue weighted by atomic mass is 9.86. The summed E-state index contributed by atoms with van der Waals surface area (Å²) in [5.74, 6) is 0.210. The zero-order valence-electron chi connectivity index (χ0n) is 20.5. The first-order valence-electron chi connectivity index (χ1n) is 11.6. The van der Waals surface area contributed by atoms with E-state index >= 15 is 0 Å². The van der Waals surface area contributed by atoms with E-state index in [-0.39, 0.29) is 18.1 Å². The lowest BCUT2D eigenvalue weighted by Crippen LogP contribution is -2.18. The molecule has 1 atom stereocenters. The van der Waals surface area contributed by atoms with Gasteiger partial charge in [-0.3, -0.25) is 9.59 Å². The second-order valence-electron chi connectivity index (χ2n) is 8.44. The Balaban J connectivity index is 1.85. The molecule has 0 aliphatic heterocycles. The van der Waals surface area contributed by atoms with Crippen molar-refractivity contribution in [2.45, 2.75) is 32.1 Å². The van der Waals surface area contributed by atoms with Crippen molar-refractivity contribution < 1.29 is 28.9 Å². The minimum Gasteiger partial charge on any atom is -0.493 e. The van der Waals surface area contributed by atoms with E-state index in [0.717, 1.165) is 24.0 Å². The quantitative estimate of drug-likeness (QED) is 0.333. The smallest absolute Gasteiger partial charge is 0.307 e. The van der Waals surface area contributed by atoms with Crippen molar-refractivity contribution in [3.8, 4) is 17.2 Å². The minimum absolute atomic E-state index is 0.00641. The van der Waals surface area contributed by atoms with Crippen LogP contribution in [0.4, 0.5) is 0 Å². The molecule has 1 N–H and O–H groups in total. The number of methoxy groups -OCH3 is 3. The fraction of sp³-hybridized carbons (Fsp3) is 0.310. The maximum absolute atomic E-state index is 13.7. The third kappa shape index (κ3) is 7.09. The first-order chi connectivity index (χ1) is 16.9. The summed E-state index contributed by atoms with van der Waals surface area (Å²) < 4.78 is 16.3. The molecule has 0 heterocycles. The first-order valence-corrected chi connectivity index (χ1v) is 11.6. The highest BCUT2D eigenvalue weighted by Gasteiger charge is 2.24. The molecule has 0 fully saturated rings. The van der Waals surface area contributed by atoms with E-state index in [1.54, 1.807) is 12.1 Å². The molecule has 0 radical (unpaired) electrons. The van der Waals surface area contributed by atoms with Crippen LogP contribution in [0.25, 0.3) is 0 Å². The Kier molecular flexibility index (Phi) is 9.30. The Morgan fingerprint density at radius 1 is 0.800 bits per heavy atom. The minimum atomic E-state index is -0.867. The van der Waals surface area contributed by atoms with E-state index in [1.807, 2.05) is 42.5 Å². The van der Waals surface area contributed by atoms with Gasteiger partial charge < -0.3 is 19.3 Å². The van der Waals surface area contributed by atoms with Crippen LogP contribution in [0.5, 0.6) is 17.2 Å². The Morgan fingerprint density at radius 2 is 1.40 bits per heavy atom. The molecule has 0 saturated heterocycles. The number of Topliss-reactive ketones (excluding diaryl/α,β-unsaturated/α-hetero) is 1. The van der Waals surface area contributed by atoms with Crippen LogP contribution >= 0.6 is 0 Å². The summed E-state index contributed by atoms with van der Waals surface area (Å²) in [5.41, 5.74) is 3.47. The molecule has 0 spiro atoms. The van der Waals surface area contributed by atoms with Crippen LogP contribution < -0.4 is 14.2 Å². The van der Waals surface area contributed by atoms with Gasteiger partial charge in [0.1, 0.15) is 0 Å².